The molecular formula is C12H17BrN2O. The van der Waals surface area contributed by atoms with Gasteiger partial charge in [0.15, 0.2) is 0 Å². The van der Waals surface area contributed by atoms with Crippen molar-refractivity contribution in [3.05, 3.63) is 28.2 Å². The van der Waals surface area contributed by atoms with E-state index in [4.69, 9.17) is 5.73 Å². The Morgan fingerprint density at radius 2 is 2.06 bits per heavy atom. The van der Waals surface area contributed by atoms with Gasteiger partial charge >= 0.3 is 0 Å². The normalized spacial score (nSPS) is 11.2. The van der Waals surface area contributed by atoms with Crippen LogP contribution in [0.5, 0.6) is 0 Å². The van der Waals surface area contributed by atoms with Gasteiger partial charge in [0.25, 0.3) is 5.91 Å². The Morgan fingerprint density at radius 3 is 2.62 bits per heavy atom. The van der Waals surface area contributed by atoms with Gasteiger partial charge < -0.3 is 11.1 Å². The van der Waals surface area contributed by atoms with Gasteiger partial charge in [0, 0.05) is 12.2 Å². The van der Waals surface area contributed by atoms with Gasteiger partial charge in [-0.15, -0.1) is 0 Å². The van der Waals surface area contributed by atoms with E-state index in [1.807, 2.05) is 0 Å². The zero-order valence-electron chi connectivity index (χ0n) is 9.80. The van der Waals surface area contributed by atoms with Gasteiger partial charge in [0.2, 0.25) is 0 Å². The molecule has 0 saturated carbocycles. The minimum atomic E-state index is -0.103. The molecule has 0 saturated heterocycles. The lowest BCUT2D eigenvalue weighted by atomic mass is 9.97. The molecule has 1 aromatic carbocycles. The van der Waals surface area contributed by atoms with Crippen LogP contribution in [0.3, 0.4) is 0 Å². The molecule has 0 fully saturated rings. The molecule has 3 N–H and O–H groups in total. The molecule has 0 aliphatic rings. The first kappa shape index (κ1) is 13.0. The molecule has 0 heterocycles. The molecule has 1 rings (SSSR count). The van der Waals surface area contributed by atoms with E-state index in [2.05, 4.69) is 42.0 Å². The van der Waals surface area contributed by atoms with E-state index in [0.29, 0.717) is 22.3 Å². The van der Waals surface area contributed by atoms with Crippen molar-refractivity contribution in [2.75, 3.05) is 12.3 Å². The first-order valence-corrected chi connectivity index (χ1v) is 5.93. The van der Waals surface area contributed by atoms with E-state index in [9.17, 15) is 4.79 Å². The van der Waals surface area contributed by atoms with Crippen molar-refractivity contribution in [2.24, 2.45) is 5.41 Å². The first-order chi connectivity index (χ1) is 7.31. The molecule has 4 heteroatoms. The summed E-state index contributed by atoms with van der Waals surface area (Å²) in [6.07, 6.45) is 0. The van der Waals surface area contributed by atoms with Crippen LogP contribution in [0, 0.1) is 5.41 Å². The summed E-state index contributed by atoms with van der Waals surface area (Å²) >= 11 is 3.32. The number of carbonyl (C=O) groups is 1. The van der Waals surface area contributed by atoms with E-state index < -0.39 is 0 Å². The van der Waals surface area contributed by atoms with Crippen LogP contribution in [0.15, 0.2) is 22.7 Å². The molecule has 0 aromatic heterocycles. The maximum atomic E-state index is 11.9. The van der Waals surface area contributed by atoms with Crippen molar-refractivity contribution in [3.8, 4) is 0 Å². The Labute approximate surface area is 105 Å². The first-order valence-electron chi connectivity index (χ1n) is 5.13. The fourth-order valence-electron chi connectivity index (χ4n) is 1.17. The number of nitrogens with one attached hydrogen (secondary N) is 1. The average molecular weight is 285 g/mol. The van der Waals surface area contributed by atoms with Crippen molar-refractivity contribution >= 4 is 27.5 Å². The Morgan fingerprint density at radius 1 is 1.44 bits per heavy atom. The summed E-state index contributed by atoms with van der Waals surface area (Å²) in [5.41, 5.74) is 6.93. The number of anilines is 1. The molecular weight excluding hydrogens is 268 g/mol. The number of benzene rings is 1. The maximum absolute atomic E-state index is 11.9. The standard InChI is InChI=1S/C12H17BrN2O/c1-12(2,3)7-15-11(16)8-5-4-6-9(14)10(8)13/h4-6H,7,14H2,1-3H3,(H,15,16). The summed E-state index contributed by atoms with van der Waals surface area (Å²) in [6, 6.07) is 5.27. The van der Waals surface area contributed by atoms with Gasteiger partial charge in [-0.3, -0.25) is 4.79 Å². The number of hydrogen-bond acceptors (Lipinski definition) is 2. The monoisotopic (exact) mass is 284 g/mol. The third-order valence-corrected chi connectivity index (χ3v) is 2.94. The molecule has 0 spiro atoms. The van der Waals surface area contributed by atoms with Crippen LogP contribution in [-0.4, -0.2) is 12.5 Å². The molecule has 3 nitrogen and oxygen atoms in total. The summed E-state index contributed by atoms with van der Waals surface area (Å²) < 4.78 is 0.654. The number of carbonyl (C=O) groups excluding carboxylic acids is 1. The van der Waals surface area contributed by atoms with E-state index in [1.165, 1.54) is 0 Å². The molecule has 88 valence electrons. The molecule has 1 aromatic rings. The second-order valence-electron chi connectivity index (χ2n) is 4.95. The van der Waals surface area contributed by atoms with Gasteiger partial charge in [-0.1, -0.05) is 26.8 Å². The Hall–Kier alpha value is -1.03. The van der Waals surface area contributed by atoms with Crippen LogP contribution >= 0.6 is 15.9 Å². The molecule has 1 amide bonds. The fourth-order valence-corrected chi connectivity index (χ4v) is 1.61. The molecule has 16 heavy (non-hydrogen) atoms. The summed E-state index contributed by atoms with van der Waals surface area (Å²) in [7, 11) is 0. The van der Waals surface area contributed by atoms with Crippen molar-refractivity contribution < 1.29 is 4.79 Å². The van der Waals surface area contributed by atoms with Crippen LogP contribution in [0.25, 0.3) is 0 Å². The number of nitrogens with two attached hydrogens (primary N) is 1. The Balaban J connectivity index is 2.78. The average Bonchev–Trinajstić information content (AvgIpc) is 2.17. The maximum Gasteiger partial charge on any atom is 0.252 e. The third kappa shape index (κ3) is 3.52. The van der Waals surface area contributed by atoms with Gasteiger partial charge in [0.05, 0.1) is 10.0 Å². The summed E-state index contributed by atoms with van der Waals surface area (Å²) in [6.45, 7) is 6.85. The van der Waals surface area contributed by atoms with E-state index in [1.54, 1.807) is 18.2 Å². The number of nitrogen functional groups attached to an aromatic ring is 1. The van der Waals surface area contributed by atoms with Crippen molar-refractivity contribution in [1.29, 1.82) is 0 Å². The van der Waals surface area contributed by atoms with Crippen molar-refractivity contribution in [2.45, 2.75) is 20.8 Å². The second-order valence-corrected chi connectivity index (χ2v) is 5.75. The number of amides is 1. The summed E-state index contributed by atoms with van der Waals surface area (Å²) in [5.74, 6) is -0.103. The lowest BCUT2D eigenvalue weighted by Crippen LogP contribution is -2.32. The predicted octanol–water partition coefficient (Wildman–Crippen LogP) is 2.81. The summed E-state index contributed by atoms with van der Waals surface area (Å²) in [4.78, 5) is 11.9. The lowest BCUT2D eigenvalue weighted by Gasteiger charge is -2.19. The molecule has 0 aliphatic carbocycles. The number of hydrogen-bond donors (Lipinski definition) is 2. The molecule has 0 bridgehead atoms. The smallest absolute Gasteiger partial charge is 0.252 e. The molecule has 0 radical (unpaired) electrons. The number of rotatable bonds is 2. The zero-order valence-corrected chi connectivity index (χ0v) is 11.4. The van der Waals surface area contributed by atoms with Crippen LogP contribution in [0.1, 0.15) is 31.1 Å². The van der Waals surface area contributed by atoms with Crippen LogP contribution in [0.2, 0.25) is 0 Å². The largest absolute Gasteiger partial charge is 0.398 e. The van der Waals surface area contributed by atoms with Gasteiger partial charge in [-0.05, 0) is 33.5 Å². The topological polar surface area (TPSA) is 55.1 Å². The van der Waals surface area contributed by atoms with Crippen LogP contribution < -0.4 is 11.1 Å². The predicted molar refractivity (Wildman–Crippen MR) is 70.3 cm³/mol. The molecule has 0 unspecified atom stereocenters. The zero-order chi connectivity index (χ0) is 12.3. The minimum absolute atomic E-state index is 0.0719. The highest BCUT2D eigenvalue weighted by atomic mass is 79.9. The van der Waals surface area contributed by atoms with Gasteiger partial charge in [0.1, 0.15) is 0 Å². The summed E-state index contributed by atoms with van der Waals surface area (Å²) in [5, 5.41) is 2.88. The SMILES string of the molecule is CC(C)(C)CNC(=O)c1cccc(N)c1Br. The van der Waals surface area contributed by atoms with Crippen LogP contribution in [-0.2, 0) is 0 Å². The van der Waals surface area contributed by atoms with Gasteiger partial charge in [-0.2, -0.15) is 0 Å². The fraction of sp³-hybridized carbons (Fsp3) is 0.417. The van der Waals surface area contributed by atoms with Crippen molar-refractivity contribution in [3.63, 3.8) is 0 Å². The number of halogens is 1. The minimum Gasteiger partial charge on any atom is -0.398 e. The Kier molecular flexibility index (Phi) is 3.97. The molecule has 0 atom stereocenters. The Bertz CT molecular complexity index is 396. The van der Waals surface area contributed by atoms with E-state index in [0.717, 1.165) is 0 Å². The van der Waals surface area contributed by atoms with E-state index in [-0.39, 0.29) is 11.3 Å². The van der Waals surface area contributed by atoms with E-state index >= 15 is 0 Å². The lowest BCUT2D eigenvalue weighted by molar-refractivity contribution is 0.0938. The van der Waals surface area contributed by atoms with Crippen LogP contribution in [0.4, 0.5) is 5.69 Å². The van der Waals surface area contributed by atoms with Crippen molar-refractivity contribution in [1.82, 2.24) is 5.32 Å². The highest BCUT2D eigenvalue weighted by Gasteiger charge is 2.15. The quantitative estimate of drug-likeness (QED) is 0.821. The highest BCUT2D eigenvalue weighted by molar-refractivity contribution is 9.10. The third-order valence-electron chi connectivity index (χ3n) is 2.05. The highest BCUT2D eigenvalue weighted by Crippen LogP contribution is 2.23. The second kappa shape index (κ2) is 4.87. The van der Waals surface area contributed by atoms with Gasteiger partial charge in [-0.25, -0.2) is 0 Å². The molecule has 0 aliphatic heterocycles.